The van der Waals surface area contributed by atoms with E-state index in [0.29, 0.717) is 12.0 Å². The van der Waals surface area contributed by atoms with E-state index in [1.807, 2.05) is 30.3 Å². The zero-order chi connectivity index (χ0) is 29.0. The van der Waals surface area contributed by atoms with Crippen LogP contribution < -0.4 is 10.1 Å². The summed E-state index contributed by atoms with van der Waals surface area (Å²) in [6, 6.07) is 10.4. The molecule has 0 spiro atoms. The molecule has 1 fully saturated rings. The molecule has 2 heterocycles. The smallest absolute Gasteiger partial charge is 0.252 e. The average Bonchev–Trinajstić information content (AvgIpc) is 3.30. The molecule has 0 unspecified atom stereocenters. The zero-order valence-electron chi connectivity index (χ0n) is 22.1. The molecule has 9 nitrogen and oxygen atoms in total. The molecule has 0 aliphatic carbocycles. The minimum atomic E-state index is -1.46. The van der Waals surface area contributed by atoms with Crippen LogP contribution in [0, 0.1) is 19.3 Å². The van der Waals surface area contributed by atoms with Crippen LogP contribution in [0.2, 0.25) is 10.0 Å². The summed E-state index contributed by atoms with van der Waals surface area (Å²) in [5.74, 6) is 2.28. The number of hydrogen-bond donors (Lipinski definition) is 4. The Balaban J connectivity index is 1.54. The van der Waals surface area contributed by atoms with E-state index < -0.39 is 43.2 Å². The highest BCUT2D eigenvalue weighted by Crippen LogP contribution is 2.38. The second-order valence-electron chi connectivity index (χ2n) is 9.56. The highest BCUT2D eigenvalue weighted by Gasteiger charge is 2.45. The van der Waals surface area contributed by atoms with Gasteiger partial charge in [0.1, 0.15) is 31.0 Å². The van der Waals surface area contributed by atoms with Crippen LogP contribution in [-0.2, 0) is 22.6 Å². The van der Waals surface area contributed by atoms with E-state index in [-0.39, 0.29) is 28.0 Å². The summed E-state index contributed by atoms with van der Waals surface area (Å²) in [6.07, 6.45) is 1.84. The largest absolute Gasteiger partial charge is 0.484 e. The van der Waals surface area contributed by atoms with Crippen molar-refractivity contribution >= 4 is 40.0 Å². The maximum atomic E-state index is 13.2. The first-order valence-electron chi connectivity index (χ1n) is 12.8. The molecule has 4 N–H and O–H groups in total. The Bertz CT molecular complexity index is 1400. The molecule has 1 amide bonds. The number of aromatic nitrogens is 1. The third-order valence-electron chi connectivity index (χ3n) is 7.04. The van der Waals surface area contributed by atoms with Gasteiger partial charge in [0.15, 0.2) is 12.0 Å². The summed E-state index contributed by atoms with van der Waals surface area (Å²) >= 11 is 13.2. The predicted molar refractivity (Wildman–Crippen MR) is 152 cm³/mol. The van der Waals surface area contributed by atoms with Gasteiger partial charge in [0.25, 0.3) is 5.91 Å². The van der Waals surface area contributed by atoms with Crippen LogP contribution in [0.4, 0.5) is 0 Å². The van der Waals surface area contributed by atoms with Gasteiger partial charge in [-0.1, -0.05) is 41.4 Å². The number of halogens is 2. The fourth-order valence-corrected chi connectivity index (χ4v) is 5.43. The lowest BCUT2D eigenvalue weighted by Gasteiger charge is -2.41. The van der Waals surface area contributed by atoms with Crippen LogP contribution in [-0.4, -0.2) is 70.2 Å². The highest BCUT2D eigenvalue weighted by molar-refractivity contribution is 6.38. The van der Waals surface area contributed by atoms with Crippen molar-refractivity contribution in [3.63, 3.8) is 0 Å². The molecule has 1 aromatic heterocycles. The Labute approximate surface area is 242 Å². The first-order chi connectivity index (χ1) is 19.2. The predicted octanol–water partition coefficient (Wildman–Crippen LogP) is 3.43. The van der Waals surface area contributed by atoms with Crippen molar-refractivity contribution in [3.05, 3.63) is 63.3 Å². The number of aliphatic hydroxyl groups excluding tert-OH is 3. The number of nitrogens with one attached hydrogen (secondary N) is 1. The van der Waals surface area contributed by atoms with E-state index in [9.17, 15) is 20.1 Å². The molecule has 4 rings (SSSR count). The monoisotopic (exact) mass is 590 g/mol. The molecule has 0 saturated carbocycles. The number of nitrogens with zero attached hydrogens (tertiary/aromatic N) is 1. The number of aryl methyl sites for hydroxylation is 1. The van der Waals surface area contributed by atoms with Crippen LogP contribution in [0.1, 0.15) is 34.5 Å². The van der Waals surface area contributed by atoms with E-state index in [0.717, 1.165) is 29.6 Å². The van der Waals surface area contributed by atoms with Gasteiger partial charge >= 0.3 is 0 Å². The minimum Gasteiger partial charge on any atom is -0.484 e. The summed E-state index contributed by atoms with van der Waals surface area (Å²) in [6.45, 7) is 2.02. The highest BCUT2D eigenvalue weighted by atomic mass is 35.5. The molecule has 5 atom stereocenters. The van der Waals surface area contributed by atoms with Gasteiger partial charge in [0, 0.05) is 31.2 Å². The van der Waals surface area contributed by atoms with E-state index in [1.54, 1.807) is 6.92 Å². The molecule has 0 radical (unpaired) electrons. The quantitative estimate of drug-likeness (QED) is 0.211. The molecule has 1 saturated heterocycles. The summed E-state index contributed by atoms with van der Waals surface area (Å²) in [7, 11) is 1.32. The number of unbranched alkanes of at least 4 members (excludes halogenated alkanes) is 1. The lowest BCUT2D eigenvalue weighted by molar-refractivity contribution is -0.261. The summed E-state index contributed by atoms with van der Waals surface area (Å²) in [4.78, 5) is 13.2. The Hall–Kier alpha value is -2.81. The summed E-state index contributed by atoms with van der Waals surface area (Å²) in [5, 5.41) is 34.2. The van der Waals surface area contributed by atoms with Crippen molar-refractivity contribution in [1.82, 2.24) is 9.88 Å². The molecule has 40 heavy (non-hydrogen) atoms. The third kappa shape index (κ3) is 6.09. The number of terminal acetylenes is 1. The van der Waals surface area contributed by atoms with Crippen molar-refractivity contribution in [1.29, 1.82) is 0 Å². The van der Waals surface area contributed by atoms with Crippen LogP contribution in [0.15, 0.2) is 36.4 Å². The van der Waals surface area contributed by atoms with Gasteiger partial charge in [-0.2, -0.15) is 0 Å². The number of aliphatic hydroxyl groups is 3. The van der Waals surface area contributed by atoms with Gasteiger partial charge < -0.3 is 39.4 Å². The fourth-order valence-electron chi connectivity index (χ4n) is 4.87. The molecule has 1 aliphatic rings. The first-order valence-corrected chi connectivity index (χ1v) is 13.6. The molecule has 2 aromatic carbocycles. The van der Waals surface area contributed by atoms with Gasteiger partial charge in [0.2, 0.25) is 0 Å². The molecular formula is C29H32Cl2N2O7. The van der Waals surface area contributed by atoms with E-state index >= 15 is 0 Å². The summed E-state index contributed by atoms with van der Waals surface area (Å²) in [5.41, 5.74) is 2.53. The van der Waals surface area contributed by atoms with Crippen molar-refractivity contribution in [2.45, 2.75) is 63.6 Å². The number of hydrogen-bond acceptors (Lipinski definition) is 7. The number of benzene rings is 2. The van der Waals surface area contributed by atoms with Crippen LogP contribution in [0.5, 0.6) is 5.75 Å². The minimum absolute atomic E-state index is 0.125. The molecule has 0 bridgehead atoms. The zero-order valence-corrected chi connectivity index (χ0v) is 23.7. The number of carbonyl (C=O) groups excluding carboxylic acids is 1. The number of para-hydroxylation sites is 1. The first kappa shape index (κ1) is 30.2. The van der Waals surface area contributed by atoms with Gasteiger partial charge in [-0.3, -0.25) is 4.79 Å². The molecule has 1 aliphatic heterocycles. The lowest BCUT2D eigenvalue weighted by Crippen LogP contribution is -2.64. The normalized spacial score (nSPS) is 22.7. The number of ether oxygens (including phenoxy) is 3. The summed E-state index contributed by atoms with van der Waals surface area (Å²) < 4.78 is 18.9. The Morgan fingerprint density at radius 3 is 2.67 bits per heavy atom. The van der Waals surface area contributed by atoms with Crippen LogP contribution >= 0.6 is 23.2 Å². The van der Waals surface area contributed by atoms with Gasteiger partial charge in [-0.15, -0.1) is 12.3 Å². The Kier molecular flexibility index (Phi) is 9.98. The molecule has 11 heteroatoms. The standard InChI is InChI=1S/C29H32Cl2N2O7/c1-4-5-8-11-33-18(12-17-9-6-7-10-21(17)33)15-39-27-20(30)13-19(16(2)23(27)31)28(37)32-24-26(36)25(35)22(14-34)40-29(24)38-3/h1,6-7,9-10,12-13,22,24-26,29,34-36H,5,8,11,14-15H2,2-3H3,(H,32,37)/t22-,24-,25-,26-,29+/m1/s1. The number of amides is 1. The topological polar surface area (TPSA) is 122 Å². The molecule has 214 valence electrons. The van der Waals surface area contributed by atoms with Gasteiger partial charge in [-0.05, 0) is 42.5 Å². The average molecular weight is 591 g/mol. The fraction of sp³-hybridized carbons (Fsp3) is 0.414. The Morgan fingerprint density at radius 1 is 1.23 bits per heavy atom. The number of rotatable bonds is 10. The van der Waals surface area contributed by atoms with Gasteiger partial charge in [0.05, 0.1) is 22.3 Å². The van der Waals surface area contributed by atoms with Crippen LogP contribution in [0.25, 0.3) is 10.9 Å². The number of methoxy groups -OCH3 is 1. The van der Waals surface area contributed by atoms with E-state index in [4.69, 9.17) is 43.8 Å². The van der Waals surface area contributed by atoms with Crippen molar-refractivity contribution < 1.29 is 34.3 Å². The van der Waals surface area contributed by atoms with E-state index in [2.05, 4.69) is 15.8 Å². The maximum Gasteiger partial charge on any atom is 0.252 e. The number of fused-ring (bicyclic) bond motifs is 1. The van der Waals surface area contributed by atoms with Crippen LogP contribution in [0.3, 0.4) is 0 Å². The Morgan fingerprint density at radius 2 is 1.98 bits per heavy atom. The maximum absolute atomic E-state index is 13.2. The third-order valence-corrected chi connectivity index (χ3v) is 7.78. The lowest BCUT2D eigenvalue weighted by atomic mass is 9.96. The van der Waals surface area contributed by atoms with Crippen molar-refractivity contribution in [2.75, 3.05) is 13.7 Å². The van der Waals surface area contributed by atoms with Gasteiger partial charge in [-0.25, -0.2) is 0 Å². The number of carbonyl (C=O) groups is 1. The second-order valence-corrected chi connectivity index (χ2v) is 10.3. The molecular weight excluding hydrogens is 559 g/mol. The second kappa shape index (κ2) is 13.2. The van der Waals surface area contributed by atoms with Crippen molar-refractivity contribution in [2.24, 2.45) is 0 Å². The van der Waals surface area contributed by atoms with Crippen molar-refractivity contribution in [3.8, 4) is 18.1 Å². The SMILES string of the molecule is C#CCCCn1c(COc2c(Cl)cc(C(=O)N[C@H]3[C@@H](OC)O[C@H](CO)[C@@H](O)[C@@H]3O)c(C)c2Cl)cc2ccccc21. The van der Waals surface area contributed by atoms with E-state index in [1.165, 1.54) is 13.2 Å². The molecule has 3 aromatic rings.